The Morgan fingerprint density at radius 1 is 0.325 bits per heavy atom. The van der Waals surface area contributed by atoms with Crippen LogP contribution in [0, 0.1) is 22.7 Å². The van der Waals surface area contributed by atoms with E-state index >= 15 is 0 Å². The van der Waals surface area contributed by atoms with Crippen LogP contribution in [-0.2, 0) is 21.7 Å². The summed E-state index contributed by atoms with van der Waals surface area (Å²) in [5.41, 5.74) is 34.7. The molecule has 7 heterocycles. The Bertz CT molecular complexity index is 4320. The summed E-state index contributed by atoms with van der Waals surface area (Å²) in [7, 11) is 0. The first-order valence-corrected chi connectivity index (χ1v) is 32.8. The zero-order chi connectivity index (χ0) is 58.0. The minimum atomic E-state index is -0.0944. The molecule has 2 saturated carbocycles. The van der Waals surface area contributed by atoms with Gasteiger partial charge < -0.3 is 9.13 Å². The van der Waals surface area contributed by atoms with Crippen LogP contribution in [-0.4, -0.2) is 29.3 Å². The monoisotopic (exact) mass is 1090 g/mol. The molecule has 0 saturated heterocycles. The fraction of sp³-hybridized carbons (Fsp3) is 0.462. The molecule has 16 rings (SSSR count). The average Bonchev–Trinajstić information content (AvgIpc) is 1.56. The minimum Gasteiger partial charge on any atom is -0.311 e. The summed E-state index contributed by atoms with van der Waals surface area (Å²) in [6.45, 7) is 44.6. The van der Waals surface area contributed by atoms with E-state index in [4.69, 9.17) is 0 Å². The summed E-state index contributed by atoms with van der Waals surface area (Å²) in [6, 6.07) is 39.4. The highest BCUT2D eigenvalue weighted by Crippen LogP contribution is 2.52. The van der Waals surface area contributed by atoms with Crippen LogP contribution in [0.15, 0.2) is 91.0 Å². The number of rotatable bonds is 3. The van der Waals surface area contributed by atoms with Crippen LogP contribution in [0.1, 0.15) is 221 Å². The molecule has 7 aromatic carbocycles. The van der Waals surface area contributed by atoms with Crippen LogP contribution in [0.4, 0.5) is 0 Å². The van der Waals surface area contributed by atoms with Crippen molar-refractivity contribution in [1.82, 2.24) is 9.13 Å². The van der Waals surface area contributed by atoms with Crippen LogP contribution in [0.2, 0.25) is 0 Å². The Labute approximate surface area is 498 Å². The molecular weight excluding hydrogens is 997 g/mol. The Hall–Kier alpha value is -5.67. The van der Waals surface area contributed by atoms with Gasteiger partial charge in [0.2, 0.25) is 13.4 Å². The number of benzene rings is 7. The molecule has 7 aliphatic rings. The molecule has 5 aliphatic heterocycles. The summed E-state index contributed by atoms with van der Waals surface area (Å²) >= 11 is 0. The molecule has 0 bridgehead atoms. The highest BCUT2D eigenvalue weighted by molar-refractivity contribution is 7.07. The van der Waals surface area contributed by atoms with Gasteiger partial charge >= 0.3 is 0 Å². The van der Waals surface area contributed by atoms with Gasteiger partial charge in [-0.1, -0.05) is 227 Å². The third-order valence-corrected chi connectivity index (χ3v) is 23.3. The molecule has 83 heavy (non-hydrogen) atoms. The van der Waals surface area contributed by atoms with Crippen molar-refractivity contribution in [1.29, 1.82) is 0 Å². The van der Waals surface area contributed by atoms with Gasteiger partial charge in [0.1, 0.15) is 0 Å². The van der Waals surface area contributed by atoms with Crippen molar-refractivity contribution in [3.63, 3.8) is 0 Å². The molecule has 0 amide bonds. The van der Waals surface area contributed by atoms with Gasteiger partial charge in [0, 0.05) is 49.5 Å². The summed E-state index contributed by atoms with van der Waals surface area (Å²) in [6.07, 6.45) is 10.5. The van der Waals surface area contributed by atoms with Gasteiger partial charge in [-0.2, -0.15) is 0 Å². The predicted molar refractivity (Wildman–Crippen MR) is 364 cm³/mol. The maximum atomic E-state index is 2.92. The molecule has 9 aromatic rings. The van der Waals surface area contributed by atoms with E-state index in [0.29, 0.717) is 22.7 Å². The first-order valence-electron chi connectivity index (χ1n) is 32.8. The Morgan fingerprint density at radius 3 is 1.17 bits per heavy atom. The topological polar surface area (TPSA) is 9.86 Å². The Balaban J connectivity index is 1.03. The Kier molecular flexibility index (Phi) is 10.6. The van der Waals surface area contributed by atoms with Crippen molar-refractivity contribution in [3.8, 4) is 22.5 Å². The van der Waals surface area contributed by atoms with Gasteiger partial charge in [-0.15, -0.1) is 0 Å². The predicted octanol–water partition coefficient (Wildman–Crippen LogP) is 14.5. The fourth-order valence-corrected chi connectivity index (χ4v) is 19.1. The maximum absolute atomic E-state index is 2.92. The normalized spacial score (nSPS) is 20.7. The molecule has 2 nitrogen and oxygen atoms in total. The van der Waals surface area contributed by atoms with Crippen molar-refractivity contribution in [2.24, 2.45) is 22.7 Å². The van der Waals surface area contributed by atoms with Crippen molar-refractivity contribution in [3.05, 3.63) is 124 Å². The van der Waals surface area contributed by atoms with Gasteiger partial charge in [-0.3, -0.25) is 0 Å². The van der Waals surface area contributed by atoms with Gasteiger partial charge in [0.15, 0.2) is 0 Å². The number of fused-ring (bicyclic) bond motifs is 8. The maximum Gasteiger partial charge on any atom is 0.252 e. The van der Waals surface area contributed by atoms with Gasteiger partial charge in [0.05, 0.1) is 5.52 Å². The van der Waals surface area contributed by atoms with Crippen LogP contribution < -0.4 is 49.2 Å². The molecule has 0 atom stereocenters. The molecule has 5 heteroatoms. The molecule has 420 valence electrons. The molecule has 2 fully saturated rings. The second-order valence-corrected chi connectivity index (χ2v) is 34.4. The molecule has 0 N–H and O–H groups in total. The first kappa shape index (κ1) is 52.9. The summed E-state index contributed by atoms with van der Waals surface area (Å²) in [5, 5.41) is 5.97. The lowest BCUT2D eigenvalue weighted by Crippen LogP contribution is -2.69. The zero-order valence-electron chi connectivity index (χ0n) is 53.8. The fourth-order valence-electron chi connectivity index (χ4n) is 19.1. The van der Waals surface area contributed by atoms with E-state index < -0.39 is 0 Å². The smallest absolute Gasteiger partial charge is 0.252 e. The number of hydrogen-bond acceptors (Lipinski definition) is 0. The van der Waals surface area contributed by atoms with Crippen molar-refractivity contribution in [2.75, 3.05) is 0 Å². The lowest BCUT2D eigenvalue weighted by atomic mass is 9.28. The van der Waals surface area contributed by atoms with Crippen molar-refractivity contribution in [2.45, 2.75) is 209 Å². The first-order chi connectivity index (χ1) is 39.0. The molecule has 2 aliphatic carbocycles. The van der Waals surface area contributed by atoms with E-state index in [-0.39, 0.29) is 41.8 Å². The van der Waals surface area contributed by atoms with E-state index in [9.17, 15) is 0 Å². The largest absolute Gasteiger partial charge is 0.311 e. The minimum absolute atomic E-state index is 0.0656. The van der Waals surface area contributed by atoms with Crippen molar-refractivity contribution >= 4 is 113 Å². The highest BCUT2D eigenvalue weighted by atomic mass is 15.1. The van der Waals surface area contributed by atoms with Crippen LogP contribution in [0.25, 0.3) is 66.1 Å². The number of aromatic nitrogens is 2. The van der Waals surface area contributed by atoms with E-state index in [1.54, 1.807) is 16.5 Å². The zero-order valence-corrected chi connectivity index (χ0v) is 53.8. The third kappa shape index (κ3) is 7.07. The number of nitrogens with zero attached hydrogens (tertiary/aromatic N) is 2. The van der Waals surface area contributed by atoms with E-state index in [2.05, 4.69) is 225 Å². The standard InChI is InChI=1S/C78H89B3N2/c1-73(2,3)46-26-19-42(20-27-46)43-23-30-48(31-24-43)79-56-36-32-51(75(7,8)9)61-62-52(76(10,11)12)33-37-57-68(62)82(67(56)61)70-59(79)41-60-71-66(70)81(57)58-38-34-53(77(13,14)15)63-64-54(78(16,17)18)40-50-49-39-45(44-21-28-47(29-22-44)74(4,5)6)25-35-55(49)80(60)65(50)72(64)83(71)69(58)63/h23-25,30-42,44,46-47H,19-22,26-29H2,1-18H3. The molecule has 0 radical (unpaired) electrons. The van der Waals surface area contributed by atoms with E-state index in [0.717, 1.165) is 11.8 Å². The average molecular weight is 1090 g/mol. The third-order valence-electron chi connectivity index (χ3n) is 23.3. The molecular formula is C78H89B3N2. The van der Waals surface area contributed by atoms with Gasteiger partial charge in [-0.05, 0) is 190 Å². The summed E-state index contributed by atoms with van der Waals surface area (Å²) in [5.74, 6) is 2.83. The SMILES string of the molecule is CC(C)(C)c1ccc2c3c1c1c(C(C)(C)C)ccc4c1n3-c1c(cc3c5c1B4c1ccc(C(C)(C)C)c4c6c(C(C)(C)C)cc7c(c6n-5c14)B3c1ccc(C3CCC(C(C)(C)C)CC3)cc1-7)B2c1ccc(C2CCC(C(C)(C)C)CC2)cc1. The van der Waals surface area contributed by atoms with Crippen LogP contribution in [0.3, 0.4) is 0 Å². The summed E-state index contributed by atoms with van der Waals surface area (Å²) in [4.78, 5) is 0. The molecule has 2 aromatic heterocycles. The lowest BCUT2D eigenvalue weighted by Gasteiger charge is -2.41. The van der Waals surface area contributed by atoms with E-state index in [1.165, 1.54) is 184 Å². The van der Waals surface area contributed by atoms with Crippen LogP contribution in [0.5, 0.6) is 0 Å². The quantitative estimate of drug-likeness (QED) is 0.156. The van der Waals surface area contributed by atoms with Gasteiger partial charge in [-0.25, -0.2) is 0 Å². The van der Waals surface area contributed by atoms with Gasteiger partial charge in [0.25, 0.3) is 6.71 Å². The van der Waals surface area contributed by atoms with Crippen molar-refractivity contribution < 1.29 is 0 Å². The second-order valence-electron chi connectivity index (χ2n) is 34.4. The second kappa shape index (κ2) is 16.6. The Morgan fingerprint density at radius 2 is 0.711 bits per heavy atom. The highest BCUT2D eigenvalue weighted by Gasteiger charge is 2.53. The van der Waals surface area contributed by atoms with E-state index in [1.807, 2.05) is 0 Å². The summed E-state index contributed by atoms with van der Waals surface area (Å²) < 4.78 is 5.81. The van der Waals surface area contributed by atoms with Crippen LogP contribution >= 0.6 is 0 Å². The molecule has 0 unspecified atom stereocenters. The lowest BCUT2D eigenvalue weighted by molar-refractivity contribution is 0.169. The number of hydrogen-bond donors (Lipinski definition) is 0. The molecule has 0 spiro atoms.